The lowest BCUT2D eigenvalue weighted by molar-refractivity contribution is -0.125. The molecular weight excluding hydrogens is 440 g/mol. The molecule has 1 aliphatic heterocycles. The summed E-state index contributed by atoms with van der Waals surface area (Å²) in [4.78, 5) is 28.2. The molecule has 35 heavy (non-hydrogen) atoms. The maximum atomic E-state index is 13.3. The Kier molecular flexibility index (Phi) is 8.03. The third-order valence-electron chi connectivity index (χ3n) is 6.11. The van der Waals surface area contributed by atoms with E-state index in [0.29, 0.717) is 49.8 Å². The van der Waals surface area contributed by atoms with E-state index in [1.54, 1.807) is 11.0 Å². The van der Waals surface area contributed by atoms with Crippen LogP contribution in [0.15, 0.2) is 72.8 Å². The van der Waals surface area contributed by atoms with Crippen LogP contribution in [0.25, 0.3) is 0 Å². The van der Waals surface area contributed by atoms with Crippen molar-refractivity contribution in [3.63, 3.8) is 0 Å². The van der Waals surface area contributed by atoms with Gasteiger partial charge in [-0.05, 0) is 61.6 Å². The number of carbonyl (C=O) groups is 2. The number of rotatable bonds is 11. The molecule has 0 aliphatic carbocycles. The number of ether oxygens (including phenoxy) is 2. The summed E-state index contributed by atoms with van der Waals surface area (Å²) in [5.41, 5.74) is 3.53. The molecule has 2 amide bonds. The fraction of sp³-hybridized carbons (Fsp3) is 0.310. The maximum absolute atomic E-state index is 13.3. The molecule has 0 radical (unpaired) electrons. The predicted molar refractivity (Wildman–Crippen MR) is 136 cm³/mol. The Morgan fingerprint density at radius 3 is 2.34 bits per heavy atom. The van der Waals surface area contributed by atoms with Gasteiger partial charge in [0.1, 0.15) is 6.04 Å². The zero-order valence-electron chi connectivity index (χ0n) is 20.3. The molecule has 182 valence electrons. The van der Waals surface area contributed by atoms with Gasteiger partial charge in [-0.1, -0.05) is 54.6 Å². The van der Waals surface area contributed by atoms with E-state index in [1.807, 2.05) is 80.6 Å². The SMILES string of the molecule is CCOc1ccc(CCN2C(=O)c3ccccc3C2C(=O)NCCc2ccccc2)cc1OCC. The lowest BCUT2D eigenvalue weighted by Crippen LogP contribution is -2.40. The second-order valence-electron chi connectivity index (χ2n) is 8.41. The molecule has 1 unspecified atom stereocenters. The fourth-order valence-electron chi connectivity index (χ4n) is 4.46. The number of nitrogens with one attached hydrogen (secondary N) is 1. The summed E-state index contributed by atoms with van der Waals surface area (Å²) in [5, 5.41) is 3.04. The van der Waals surface area contributed by atoms with Crippen molar-refractivity contribution in [3.8, 4) is 11.5 Å². The topological polar surface area (TPSA) is 67.9 Å². The van der Waals surface area contributed by atoms with Crippen LogP contribution < -0.4 is 14.8 Å². The van der Waals surface area contributed by atoms with Crippen molar-refractivity contribution < 1.29 is 19.1 Å². The van der Waals surface area contributed by atoms with Crippen molar-refractivity contribution in [2.75, 3.05) is 26.3 Å². The number of benzene rings is 3. The largest absolute Gasteiger partial charge is 0.490 e. The number of hydrogen-bond donors (Lipinski definition) is 1. The summed E-state index contributed by atoms with van der Waals surface area (Å²) in [5.74, 6) is 1.14. The van der Waals surface area contributed by atoms with Crippen molar-refractivity contribution in [1.29, 1.82) is 0 Å². The van der Waals surface area contributed by atoms with Gasteiger partial charge in [-0.2, -0.15) is 0 Å². The van der Waals surface area contributed by atoms with Crippen LogP contribution in [-0.2, 0) is 17.6 Å². The van der Waals surface area contributed by atoms with E-state index in [4.69, 9.17) is 9.47 Å². The molecule has 1 heterocycles. The third kappa shape index (κ3) is 5.65. The smallest absolute Gasteiger partial charge is 0.255 e. The van der Waals surface area contributed by atoms with E-state index in [9.17, 15) is 9.59 Å². The van der Waals surface area contributed by atoms with Gasteiger partial charge in [0.15, 0.2) is 11.5 Å². The number of nitrogens with zero attached hydrogens (tertiary/aromatic N) is 1. The number of fused-ring (bicyclic) bond motifs is 1. The molecule has 6 nitrogen and oxygen atoms in total. The molecule has 6 heteroatoms. The van der Waals surface area contributed by atoms with Crippen molar-refractivity contribution in [2.45, 2.75) is 32.7 Å². The summed E-state index contributed by atoms with van der Waals surface area (Å²) in [6.45, 7) is 5.90. The summed E-state index contributed by atoms with van der Waals surface area (Å²) >= 11 is 0. The van der Waals surface area contributed by atoms with Gasteiger partial charge in [-0.3, -0.25) is 9.59 Å². The molecule has 0 saturated heterocycles. The molecule has 1 N–H and O–H groups in total. The van der Waals surface area contributed by atoms with Gasteiger partial charge in [0.2, 0.25) is 5.91 Å². The first-order valence-electron chi connectivity index (χ1n) is 12.2. The van der Waals surface area contributed by atoms with Gasteiger partial charge in [0.05, 0.1) is 13.2 Å². The average molecular weight is 473 g/mol. The van der Waals surface area contributed by atoms with Gasteiger partial charge < -0.3 is 19.7 Å². The van der Waals surface area contributed by atoms with Crippen LogP contribution in [0, 0.1) is 0 Å². The number of carbonyl (C=O) groups excluding carboxylic acids is 2. The van der Waals surface area contributed by atoms with E-state index < -0.39 is 6.04 Å². The van der Waals surface area contributed by atoms with Crippen LogP contribution in [0.3, 0.4) is 0 Å². The Morgan fingerprint density at radius 1 is 0.857 bits per heavy atom. The highest BCUT2D eigenvalue weighted by molar-refractivity contribution is 6.04. The normalized spacial score (nSPS) is 14.5. The van der Waals surface area contributed by atoms with Crippen molar-refractivity contribution in [3.05, 3.63) is 95.1 Å². The van der Waals surface area contributed by atoms with E-state index in [2.05, 4.69) is 5.32 Å². The van der Waals surface area contributed by atoms with E-state index >= 15 is 0 Å². The molecule has 0 bridgehead atoms. The zero-order chi connectivity index (χ0) is 24.6. The van der Waals surface area contributed by atoms with Crippen LogP contribution in [-0.4, -0.2) is 43.0 Å². The van der Waals surface area contributed by atoms with E-state index in [-0.39, 0.29) is 11.8 Å². The Labute approximate surface area is 206 Å². The molecule has 0 aromatic heterocycles. The quantitative estimate of drug-likeness (QED) is 0.444. The predicted octanol–water partition coefficient (Wildman–Crippen LogP) is 4.58. The van der Waals surface area contributed by atoms with E-state index in [1.165, 1.54) is 0 Å². The van der Waals surface area contributed by atoms with Gasteiger partial charge in [0.25, 0.3) is 5.91 Å². The third-order valence-corrected chi connectivity index (χ3v) is 6.11. The highest BCUT2D eigenvalue weighted by atomic mass is 16.5. The summed E-state index contributed by atoms with van der Waals surface area (Å²) in [6.07, 6.45) is 1.33. The molecule has 0 fully saturated rings. The molecule has 3 aromatic carbocycles. The van der Waals surface area contributed by atoms with Crippen LogP contribution >= 0.6 is 0 Å². The first-order chi connectivity index (χ1) is 17.1. The Balaban J connectivity index is 1.48. The van der Waals surface area contributed by atoms with Gasteiger partial charge in [-0.25, -0.2) is 0 Å². The first kappa shape index (κ1) is 24.3. The molecule has 0 saturated carbocycles. The highest BCUT2D eigenvalue weighted by Crippen LogP contribution is 2.34. The van der Waals surface area contributed by atoms with Crippen LogP contribution in [0.2, 0.25) is 0 Å². The molecular formula is C29H32N2O4. The second-order valence-corrected chi connectivity index (χ2v) is 8.41. The van der Waals surface area contributed by atoms with Crippen molar-refractivity contribution in [2.24, 2.45) is 0 Å². The minimum atomic E-state index is -0.636. The minimum absolute atomic E-state index is 0.111. The lowest BCUT2D eigenvalue weighted by atomic mass is 10.0. The number of amides is 2. The molecule has 3 aromatic rings. The van der Waals surface area contributed by atoms with Gasteiger partial charge in [-0.15, -0.1) is 0 Å². The van der Waals surface area contributed by atoms with E-state index in [0.717, 1.165) is 23.1 Å². The highest BCUT2D eigenvalue weighted by Gasteiger charge is 2.40. The van der Waals surface area contributed by atoms with Crippen LogP contribution in [0.1, 0.15) is 46.9 Å². The van der Waals surface area contributed by atoms with Crippen molar-refractivity contribution >= 4 is 11.8 Å². The molecule has 4 rings (SSSR count). The molecule has 1 aliphatic rings. The molecule has 0 spiro atoms. The van der Waals surface area contributed by atoms with Gasteiger partial charge in [0, 0.05) is 18.7 Å². The summed E-state index contributed by atoms with van der Waals surface area (Å²) in [6, 6.07) is 22.6. The minimum Gasteiger partial charge on any atom is -0.490 e. The van der Waals surface area contributed by atoms with Crippen LogP contribution in [0.5, 0.6) is 11.5 Å². The Bertz CT molecular complexity index is 1160. The first-order valence-corrected chi connectivity index (χ1v) is 12.2. The fourth-order valence-corrected chi connectivity index (χ4v) is 4.46. The number of hydrogen-bond acceptors (Lipinski definition) is 4. The maximum Gasteiger partial charge on any atom is 0.255 e. The van der Waals surface area contributed by atoms with Crippen molar-refractivity contribution in [1.82, 2.24) is 10.2 Å². The van der Waals surface area contributed by atoms with Crippen LogP contribution in [0.4, 0.5) is 0 Å². The van der Waals surface area contributed by atoms with Gasteiger partial charge >= 0.3 is 0 Å². The Morgan fingerprint density at radius 2 is 1.57 bits per heavy atom. The zero-order valence-corrected chi connectivity index (χ0v) is 20.3. The Hall–Kier alpha value is -3.80. The second kappa shape index (κ2) is 11.6. The monoisotopic (exact) mass is 472 g/mol. The average Bonchev–Trinajstić information content (AvgIpc) is 3.16. The molecule has 1 atom stereocenters. The summed E-state index contributed by atoms with van der Waals surface area (Å²) < 4.78 is 11.4. The lowest BCUT2D eigenvalue weighted by Gasteiger charge is -2.25. The summed E-state index contributed by atoms with van der Waals surface area (Å²) in [7, 11) is 0. The standard InChI is InChI=1S/C29H32N2O4/c1-3-34-25-15-14-22(20-26(25)35-4-2)17-19-31-27(23-12-8-9-13-24(23)29(31)33)28(32)30-18-16-21-10-6-5-7-11-21/h5-15,20,27H,3-4,16-19H2,1-2H3,(H,30,32).